The van der Waals surface area contributed by atoms with Gasteiger partial charge in [0.05, 0.1) is 24.9 Å². The van der Waals surface area contributed by atoms with E-state index in [4.69, 9.17) is 34.9 Å². The third-order valence-corrected chi connectivity index (χ3v) is 11.5. The minimum atomic E-state index is -4.01. The van der Waals surface area contributed by atoms with Crippen molar-refractivity contribution >= 4 is 29.8 Å². The van der Waals surface area contributed by atoms with Gasteiger partial charge >= 0.3 is 18.2 Å². The van der Waals surface area contributed by atoms with Gasteiger partial charge in [-0.3, -0.25) is 37.7 Å². The molecule has 5 rings (SSSR count). The summed E-state index contributed by atoms with van der Waals surface area (Å²) in [6, 6.07) is 6.67. The summed E-state index contributed by atoms with van der Waals surface area (Å²) in [6.45, 7) is 0.809. The average Bonchev–Trinajstić information content (AvgIpc) is 3.60. The van der Waals surface area contributed by atoms with Crippen molar-refractivity contribution in [3.63, 3.8) is 0 Å². The molecule has 2 N–H and O–H groups in total. The fraction of sp³-hybridized carbons (Fsp3) is 0.500. The number of aromatic amines is 2. The van der Waals surface area contributed by atoms with Crippen molar-refractivity contribution in [2.45, 2.75) is 81.8 Å². The molecule has 3 unspecified atom stereocenters. The molecule has 3 aromatic rings. The number of benzene rings is 1. The lowest BCUT2D eigenvalue weighted by Crippen LogP contribution is -2.33. The molecule has 2 saturated heterocycles. The molecule has 0 spiro atoms. The van der Waals surface area contributed by atoms with Gasteiger partial charge in [0.1, 0.15) is 18.6 Å². The van der Waals surface area contributed by atoms with Gasteiger partial charge in [0.15, 0.2) is 0 Å². The van der Waals surface area contributed by atoms with Crippen LogP contribution in [-0.4, -0.2) is 57.2 Å². The van der Waals surface area contributed by atoms with Gasteiger partial charge in [-0.2, -0.15) is 0 Å². The molecule has 45 heavy (non-hydrogen) atoms. The van der Waals surface area contributed by atoms with Crippen LogP contribution in [0.5, 0.6) is 0 Å². The zero-order valence-corrected chi connectivity index (χ0v) is 27.4. The minimum absolute atomic E-state index is 0.162. The van der Waals surface area contributed by atoms with Crippen molar-refractivity contribution in [3.05, 3.63) is 94.5 Å². The van der Waals surface area contributed by atoms with E-state index in [1.54, 1.807) is 38.1 Å². The number of rotatable bonds is 11. The highest BCUT2D eigenvalue weighted by Crippen LogP contribution is 2.65. The van der Waals surface area contributed by atoms with Crippen LogP contribution < -0.4 is 22.5 Å². The molecule has 0 aliphatic carbocycles. The van der Waals surface area contributed by atoms with E-state index in [1.807, 2.05) is 6.92 Å². The average molecular weight is 685 g/mol. The van der Waals surface area contributed by atoms with Gasteiger partial charge in [0.25, 0.3) is 11.1 Å². The van der Waals surface area contributed by atoms with Crippen molar-refractivity contribution < 1.29 is 27.8 Å². The molecule has 0 radical (unpaired) electrons. The fourth-order valence-electron chi connectivity index (χ4n) is 5.25. The lowest BCUT2D eigenvalue weighted by Gasteiger charge is -2.26. The smallest absolute Gasteiger partial charge is 0.378 e. The van der Waals surface area contributed by atoms with Gasteiger partial charge in [0, 0.05) is 53.4 Å². The third-order valence-electron chi connectivity index (χ3n) is 7.67. The van der Waals surface area contributed by atoms with Crippen LogP contribution in [0.4, 0.5) is 0 Å². The molecular formula is C28H34ClN4O10PS. The second-order valence-electron chi connectivity index (χ2n) is 10.8. The summed E-state index contributed by atoms with van der Waals surface area (Å²) in [6.07, 6.45) is -0.304. The first kappa shape index (κ1) is 33.6. The van der Waals surface area contributed by atoms with E-state index in [0.29, 0.717) is 27.5 Å². The summed E-state index contributed by atoms with van der Waals surface area (Å²) in [5.41, 5.74) is -1.55. The van der Waals surface area contributed by atoms with Gasteiger partial charge in [-0.15, -0.1) is 0 Å². The predicted molar refractivity (Wildman–Crippen MR) is 166 cm³/mol. The Morgan fingerprint density at radius 3 is 1.98 bits per heavy atom. The van der Waals surface area contributed by atoms with Crippen molar-refractivity contribution in [1.82, 2.24) is 19.1 Å². The summed E-state index contributed by atoms with van der Waals surface area (Å²) in [4.78, 5) is 53.9. The number of nitrogens with one attached hydrogen (secondary N) is 2. The summed E-state index contributed by atoms with van der Waals surface area (Å²) in [5.74, 6) is 0. The molecule has 0 bridgehead atoms. The second kappa shape index (κ2) is 13.9. The largest absolute Gasteiger partial charge is 0.394 e. The number of hydrogen-bond acceptors (Lipinski definition) is 11. The van der Waals surface area contributed by atoms with E-state index in [9.17, 15) is 23.7 Å². The van der Waals surface area contributed by atoms with E-state index >= 15 is 0 Å². The van der Waals surface area contributed by atoms with Crippen LogP contribution in [0.25, 0.3) is 0 Å². The van der Waals surface area contributed by atoms with Crippen LogP contribution in [0.3, 0.4) is 0 Å². The van der Waals surface area contributed by atoms with Crippen molar-refractivity contribution in [2.24, 2.45) is 0 Å². The second-order valence-corrected chi connectivity index (χ2v) is 15.1. The van der Waals surface area contributed by atoms with Crippen LogP contribution in [0.15, 0.2) is 60.7 Å². The first-order valence-corrected chi connectivity index (χ1v) is 17.6. The van der Waals surface area contributed by atoms with E-state index in [0.717, 1.165) is 11.4 Å². The summed E-state index contributed by atoms with van der Waals surface area (Å²) >= 11 is 6.95. The van der Waals surface area contributed by atoms with Crippen molar-refractivity contribution in [1.29, 1.82) is 0 Å². The summed E-state index contributed by atoms with van der Waals surface area (Å²) in [5, 5.41) is 0.497. The third kappa shape index (κ3) is 7.63. The molecule has 0 saturated carbocycles. The molecule has 7 atom stereocenters. The highest BCUT2D eigenvalue weighted by atomic mass is 35.5. The highest BCUT2D eigenvalue weighted by Gasteiger charge is 2.44. The summed E-state index contributed by atoms with van der Waals surface area (Å²) in [7, 11) is 1.49. The number of nitrogens with zero attached hydrogens (tertiary/aromatic N) is 2. The van der Waals surface area contributed by atoms with Gasteiger partial charge in [0.2, 0.25) is 0 Å². The zero-order chi connectivity index (χ0) is 32.5. The minimum Gasteiger partial charge on any atom is -0.378 e. The standard InChI is InChI=1S/C28H34ClN4O10PS/c1-5-19-21(11-24(41-19)33-13-16(3)26(35)31-28(33)37)43-44(38,45-18-8-6-17(29)7-9-18)40-14-22-20(39-4)10-23(42-22)32-12-15(2)25(34)30-27(32)36/h6-9,12-13,19-24H,5,10-11,14H2,1-4H3,(H,30,34,36)(H,31,35,37)/t19-,20?,21?,22-,23-,24-,44?/m1/s1. The number of aromatic nitrogens is 4. The molecule has 17 heteroatoms. The molecule has 244 valence electrons. The Bertz CT molecular complexity index is 1810. The topological polar surface area (TPSA) is 173 Å². The van der Waals surface area contributed by atoms with Crippen molar-refractivity contribution in [3.8, 4) is 0 Å². The normalized spacial score (nSPS) is 26.2. The Hall–Kier alpha value is -2.75. The number of halogens is 1. The Labute approximate surface area is 266 Å². The lowest BCUT2D eigenvalue weighted by molar-refractivity contribution is -0.0523. The van der Waals surface area contributed by atoms with E-state index in [2.05, 4.69) is 9.97 Å². The molecule has 0 amide bonds. The number of ether oxygens (including phenoxy) is 3. The first-order valence-electron chi connectivity index (χ1n) is 14.3. The lowest BCUT2D eigenvalue weighted by atomic mass is 10.1. The van der Waals surface area contributed by atoms with Gasteiger partial charge in [-0.25, -0.2) is 14.2 Å². The Balaban J connectivity index is 1.37. The van der Waals surface area contributed by atoms with Crippen LogP contribution >= 0.6 is 29.8 Å². The molecule has 14 nitrogen and oxygen atoms in total. The molecule has 2 aliphatic rings. The maximum Gasteiger partial charge on any atom is 0.394 e. The summed E-state index contributed by atoms with van der Waals surface area (Å²) < 4.78 is 47.1. The maximum atomic E-state index is 14.5. The Morgan fingerprint density at radius 1 is 0.911 bits per heavy atom. The van der Waals surface area contributed by atoms with E-state index < -0.39 is 66.2 Å². The van der Waals surface area contributed by atoms with Gasteiger partial charge in [-0.1, -0.05) is 18.5 Å². The monoisotopic (exact) mass is 684 g/mol. The van der Waals surface area contributed by atoms with E-state index in [-0.39, 0.29) is 19.4 Å². The molecular weight excluding hydrogens is 651 g/mol. The van der Waals surface area contributed by atoms with Gasteiger partial charge < -0.3 is 14.2 Å². The van der Waals surface area contributed by atoms with Crippen LogP contribution in [0, 0.1) is 13.8 Å². The SMILES string of the molecule is CC[C@H]1O[C@@H](n2cc(C)c(=O)[nH]c2=O)CC1OP(=O)(OC[C@H]1O[C@@H](n2cc(C)c(=O)[nH]c2=O)CC1OC)Sc1ccc(Cl)cc1. The highest BCUT2D eigenvalue weighted by molar-refractivity contribution is 8.55. The number of H-pyrrole nitrogens is 2. The molecule has 4 heterocycles. The number of aryl methyl sites for hydroxylation is 2. The fourth-order valence-corrected chi connectivity index (χ4v) is 8.87. The zero-order valence-electron chi connectivity index (χ0n) is 25.0. The van der Waals surface area contributed by atoms with Crippen LogP contribution in [-0.2, 0) is 27.8 Å². The quantitative estimate of drug-likeness (QED) is 0.282. The maximum absolute atomic E-state index is 14.5. The Morgan fingerprint density at radius 2 is 1.44 bits per heavy atom. The molecule has 1 aromatic carbocycles. The Kier molecular flexibility index (Phi) is 10.4. The van der Waals surface area contributed by atoms with E-state index in [1.165, 1.54) is 28.6 Å². The number of hydrogen-bond donors (Lipinski definition) is 2. The predicted octanol–water partition coefficient (Wildman–Crippen LogP) is 3.66. The molecule has 2 aliphatic heterocycles. The first-order chi connectivity index (χ1) is 21.4. The van der Waals surface area contributed by atoms with Crippen LogP contribution in [0.1, 0.15) is 49.8 Å². The van der Waals surface area contributed by atoms with Crippen LogP contribution in [0.2, 0.25) is 5.02 Å². The molecule has 2 aromatic heterocycles. The van der Waals surface area contributed by atoms with Gasteiger partial charge in [-0.05, 0) is 55.9 Å². The molecule has 2 fully saturated rings. The van der Waals surface area contributed by atoms with Crippen molar-refractivity contribution in [2.75, 3.05) is 13.7 Å². The number of methoxy groups -OCH3 is 1.